The van der Waals surface area contributed by atoms with Gasteiger partial charge in [-0.15, -0.1) is 11.6 Å². The highest BCUT2D eigenvalue weighted by Crippen LogP contribution is 2.31. The summed E-state index contributed by atoms with van der Waals surface area (Å²) in [5.41, 5.74) is 2.49. The van der Waals surface area contributed by atoms with Crippen molar-refractivity contribution in [3.05, 3.63) is 35.4 Å². The molecule has 0 aliphatic heterocycles. The Bertz CT molecular complexity index is 481. The van der Waals surface area contributed by atoms with Crippen LogP contribution in [0.15, 0.2) is 29.8 Å². The van der Waals surface area contributed by atoms with Gasteiger partial charge in [0.05, 0.1) is 0 Å². The summed E-state index contributed by atoms with van der Waals surface area (Å²) in [6.07, 6.45) is 8.73. The molecule has 0 aromatic heterocycles. The molecule has 0 N–H and O–H groups in total. The number of halogens is 1. The number of nitriles is 1. The van der Waals surface area contributed by atoms with Gasteiger partial charge >= 0.3 is 0 Å². The molecule has 1 aromatic rings. The van der Waals surface area contributed by atoms with Crippen molar-refractivity contribution in [1.82, 2.24) is 0 Å². The monoisotopic (exact) mass is 289 g/mol. The summed E-state index contributed by atoms with van der Waals surface area (Å²) >= 11 is 6.12. The molecular formula is C17H20ClNO. The molecule has 2 nitrogen and oxygen atoms in total. The van der Waals surface area contributed by atoms with Crippen molar-refractivity contribution in [2.24, 2.45) is 5.92 Å². The predicted molar refractivity (Wildman–Crippen MR) is 82.8 cm³/mol. The number of hydrogen-bond donors (Lipinski definition) is 0. The zero-order chi connectivity index (χ0) is 14.2. The normalized spacial score (nSPS) is 16.7. The van der Waals surface area contributed by atoms with Crippen LogP contribution in [0.2, 0.25) is 0 Å². The molecule has 1 saturated carbocycles. The van der Waals surface area contributed by atoms with E-state index in [0.29, 0.717) is 11.8 Å². The van der Waals surface area contributed by atoms with Crippen LogP contribution < -0.4 is 4.74 Å². The lowest BCUT2D eigenvalue weighted by Crippen LogP contribution is -2.10. The van der Waals surface area contributed by atoms with Crippen LogP contribution in [0.1, 0.15) is 37.7 Å². The number of ether oxygens (including phenoxy) is 1. The Morgan fingerprint density at radius 3 is 2.55 bits per heavy atom. The number of allylic oxidation sites excluding steroid dienone is 1. The van der Waals surface area contributed by atoms with Crippen molar-refractivity contribution in [1.29, 1.82) is 5.26 Å². The Balaban J connectivity index is 2.05. The fraction of sp³-hybridized carbons (Fsp3) is 0.471. The van der Waals surface area contributed by atoms with Gasteiger partial charge in [-0.1, -0.05) is 43.0 Å². The molecule has 1 aliphatic rings. The predicted octanol–water partition coefficient (Wildman–Crippen LogP) is 4.79. The van der Waals surface area contributed by atoms with Crippen molar-refractivity contribution in [3.8, 4) is 11.8 Å². The SMILES string of the molecule is N#CCOc1ccc(/C=C(/CCl)C2CCCCC2)cc1. The first-order valence-corrected chi connectivity index (χ1v) is 7.73. The third-order valence-electron chi connectivity index (χ3n) is 3.82. The van der Waals surface area contributed by atoms with Crippen molar-refractivity contribution in [2.75, 3.05) is 12.5 Å². The minimum atomic E-state index is 0.0875. The quantitative estimate of drug-likeness (QED) is 0.730. The second-order valence-corrected chi connectivity index (χ2v) is 5.47. The van der Waals surface area contributed by atoms with Crippen molar-refractivity contribution in [3.63, 3.8) is 0 Å². The third-order valence-corrected chi connectivity index (χ3v) is 4.13. The van der Waals surface area contributed by atoms with Crippen LogP contribution in [0.25, 0.3) is 6.08 Å². The van der Waals surface area contributed by atoms with E-state index in [9.17, 15) is 0 Å². The van der Waals surface area contributed by atoms with Gasteiger partial charge in [0.2, 0.25) is 0 Å². The number of nitrogens with zero attached hydrogens (tertiary/aromatic N) is 1. The number of hydrogen-bond acceptors (Lipinski definition) is 2. The van der Waals surface area contributed by atoms with Crippen LogP contribution in [0, 0.1) is 17.2 Å². The Kier molecular flexibility index (Phi) is 5.95. The summed E-state index contributed by atoms with van der Waals surface area (Å²) in [4.78, 5) is 0. The fourth-order valence-electron chi connectivity index (χ4n) is 2.73. The van der Waals surface area contributed by atoms with E-state index in [1.54, 1.807) is 0 Å². The lowest BCUT2D eigenvalue weighted by Gasteiger charge is -2.23. The molecule has 0 radical (unpaired) electrons. The first-order valence-electron chi connectivity index (χ1n) is 7.19. The average Bonchev–Trinajstić information content (AvgIpc) is 2.52. The van der Waals surface area contributed by atoms with Gasteiger partial charge in [0.15, 0.2) is 6.61 Å². The Morgan fingerprint density at radius 2 is 1.95 bits per heavy atom. The van der Waals surface area contributed by atoms with Crippen LogP contribution in [-0.4, -0.2) is 12.5 Å². The van der Waals surface area contributed by atoms with E-state index >= 15 is 0 Å². The molecule has 0 atom stereocenters. The largest absolute Gasteiger partial charge is 0.479 e. The molecule has 20 heavy (non-hydrogen) atoms. The van der Waals surface area contributed by atoms with Gasteiger partial charge in [0, 0.05) is 5.88 Å². The first kappa shape index (κ1) is 14.9. The van der Waals surface area contributed by atoms with Crippen LogP contribution in [0.4, 0.5) is 0 Å². The highest BCUT2D eigenvalue weighted by molar-refractivity contribution is 6.19. The molecule has 3 heteroatoms. The maximum atomic E-state index is 8.48. The van der Waals surface area contributed by atoms with Crippen LogP contribution in [0.5, 0.6) is 5.75 Å². The van der Waals surface area contributed by atoms with E-state index in [4.69, 9.17) is 21.6 Å². The van der Waals surface area contributed by atoms with Crippen molar-refractivity contribution < 1.29 is 4.74 Å². The highest BCUT2D eigenvalue weighted by Gasteiger charge is 2.16. The van der Waals surface area contributed by atoms with Gasteiger partial charge in [-0.25, -0.2) is 0 Å². The molecule has 0 unspecified atom stereocenters. The minimum Gasteiger partial charge on any atom is -0.479 e. The van der Waals surface area contributed by atoms with E-state index in [1.807, 2.05) is 30.3 Å². The second-order valence-electron chi connectivity index (χ2n) is 5.20. The Hall–Kier alpha value is -1.46. The van der Waals surface area contributed by atoms with E-state index < -0.39 is 0 Å². The smallest absolute Gasteiger partial charge is 0.174 e. The summed E-state index contributed by atoms with van der Waals surface area (Å²) in [5, 5.41) is 8.48. The maximum Gasteiger partial charge on any atom is 0.174 e. The van der Waals surface area contributed by atoms with Crippen LogP contribution in [-0.2, 0) is 0 Å². The van der Waals surface area contributed by atoms with Gasteiger partial charge in [-0.2, -0.15) is 5.26 Å². The second kappa shape index (κ2) is 7.97. The first-order chi connectivity index (χ1) is 9.83. The lowest BCUT2D eigenvalue weighted by molar-refractivity contribution is 0.368. The van der Waals surface area contributed by atoms with Crippen molar-refractivity contribution in [2.45, 2.75) is 32.1 Å². The van der Waals surface area contributed by atoms with E-state index in [-0.39, 0.29) is 6.61 Å². The fourth-order valence-corrected chi connectivity index (χ4v) is 3.02. The zero-order valence-electron chi connectivity index (χ0n) is 11.6. The van der Waals surface area contributed by atoms with Gasteiger partial charge in [-0.3, -0.25) is 0 Å². The molecule has 0 saturated heterocycles. The average molecular weight is 290 g/mol. The summed E-state index contributed by atoms with van der Waals surface area (Å²) in [6, 6.07) is 9.79. The Morgan fingerprint density at radius 1 is 1.25 bits per heavy atom. The van der Waals surface area contributed by atoms with Crippen LogP contribution >= 0.6 is 11.6 Å². The van der Waals surface area contributed by atoms with Gasteiger partial charge in [-0.05, 0) is 36.5 Å². The molecule has 1 aliphatic carbocycles. The molecular weight excluding hydrogens is 270 g/mol. The summed E-state index contributed by atoms with van der Waals surface area (Å²) in [6.45, 7) is 0.0875. The summed E-state index contributed by atoms with van der Waals surface area (Å²) in [5.74, 6) is 1.99. The molecule has 2 rings (SSSR count). The molecule has 1 aromatic carbocycles. The molecule has 0 bridgehead atoms. The summed E-state index contributed by atoms with van der Waals surface area (Å²) < 4.78 is 5.25. The topological polar surface area (TPSA) is 33.0 Å². The Labute approximate surface area is 126 Å². The van der Waals surface area contributed by atoms with Gasteiger partial charge in [0.1, 0.15) is 11.8 Å². The standard InChI is InChI=1S/C17H20ClNO/c18-13-16(15-4-2-1-3-5-15)12-14-6-8-17(9-7-14)20-11-10-19/h6-9,12,15H,1-5,11,13H2/b16-12-. The lowest BCUT2D eigenvalue weighted by atomic mass is 9.84. The molecule has 1 fully saturated rings. The van der Waals surface area contributed by atoms with E-state index in [1.165, 1.54) is 37.7 Å². The zero-order valence-corrected chi connectivity index (χ0v) is 12.4. The highest BCUT2D eigenvalue weighted by atomic mass is 35.5. The number of alkyl halides is 1. The van der Waals surface area contributed by atoms with Crippen LogP contribution in [0.3, 0.4) is 0 Å². The van der Waals surface area contributed by atoms with Gasteiger partial charge < -0.3 is 4.74 Å². The third kappa shape index (κ3) is 4.28. The minimum absolute atomic E-state index is 0.0875. The number of benzene rings is 1. The van der Waals surface area contributed by atoms with E-state index in [2.05, 4.69) is 6.08 Å². The van der Waals surface area contributed by atoms with Gasteiger partial charge in [0.25, 0.3) is 0 Å². The molecule has 0 spiro atoms. The maximum absolute atomic E-state index is 8.48. The summed E-state index contributed by atoms with van der Waals surface area (Å²) in [7, 11) is 0. The molecule has 0 amide bonds. The van der Waals surface area contributed by atoms with E-state index in [0.717, 1.165) is 11.3 Å². The number of rotatable bonds is 5. The molecule has 0 heterocycles. The molecule has 106 valence electrons. The van der Waals surface area contributed by atoms with Crippen molar-refractivity contribution >= 4 is 17.7 Å².